The number of hydrogen-bond donors (Lipinski definition) is 0. The van der Waals surface area contributed by atoms with Crippen molar-refractivity contribution in [2.45, 2.75) is 57.1 Å². The molecular weight excluding hydrogens is 421 g/mol. The zero-order valence-corrected chi connectivity index (χ0v) is 19.6. The largest absolute Gasteiger partial charge is 0.337 e. The van der Waals surface area contributed by atoms with Gasteiger partial charge >= 0.3 is 0 Å². The standard InChI is InChI=1S/C22H26FN3O2S2/c1-12(2)26(13(3)4)20(27)14(5)30-22-24-19-18(21(28)25(22)6)17(11-29-19)15-7-9-16(23)10-8-15/h7-14H,1-6H3/t14-/m0/s1. The Balaban J connectivity index is 1.97. The van der Waals surface area contributed by atoms with E-state index < -0.39 is 0 Å². The van der Waals surface area contributed by atoms with Crippen LogP contribution in [-0.2, 0) is 11.8 Å². The van der Waals surface area contributed by atoms with Gasteiger partial charge in [-0.2, -0.15) is 0 Å². The highest BCUT2D eigenvalue weighted by Crippen LogP contribution is 2.33. The molecule has 0 spiro atoms. The molecule has 1 atom stereocenters. The van der Waals surface area contributed by atoms with Gasteiger partial charge in [0.25, 0.3) is 5.56 Å². The van der Waals surface area contributed by atoms with Crippen molar-refractivity contribution < 1.29 is 9.18 Å². The molecule has 8 heteroatoms. The number of benzene rings is 1. The monoisotopic (exact) mass is 447 g/mol. The summed E-state index contributed by atoms with van der Waals surface area (Å²) in [5, 5.41) is 2.52. The van der Waals surface area contributed by atoms with E-state index in [2.05, 4.69) is 4.98 Å². The Labute approximate surface area is 183 Å². The lowest BCUT2D eigenvalue weighted by Gasteiger charge is -2.32. The van der Waals surface area contributed by atoms with Crippen LogP contribution in [0.1, 0.15) is 34.6 Å². The molecule has 3 aromatic rings. The zero-order chi connectivity index (χ0) is 22.2. The minimum Gasteiger partial charge on any atom is -0.337 e. The average Bonchev–Trinajstić information content (AvgIpc) is 3.09. The number of fused-ring (bicyclic) bond motifs is 1. The van der Waals surface area contributed by atoms with E-state index >= 15 is 0 Å². The van der Waals surface area contributed by atoms with Gasteiger partial charge in [0.15, 0.2) is 5.16 Å². The Hall–Kier alpha value is -2.19. The van der Waals surface area contributed by atoms with Gasteiger partial charge < -0.3 is 4.90 Å². The molecule has 0 N–H and O–H groups in total. The molecule has 2 aromatic heterocycles. The highest BCUT2D eigenvalue weighted by atomic mass is 32.2. The molecule has 0 radical (unpaired) electrons. The van der Waals surface area contributed by atoms with Gasteiger partial charge in [0.1, 0.15) is 10.6 Å². The van der Waals surface area contributed by atoms with Crippen LogP contribution in [0, 0.1) is 5.82 Å². The Morgan fingerprint density at radius 3 is 2.30 bits per heavy atom. The van der Waals surface area contributed by atoms with Gasteiger partial charge in [-0.1, -0.05) is 23.9 Å². The van der Waals surface area contributed by atoms with Crippen molar-refractivity contribution in [2.24, 2.45) is 7.05 Å². The lowest BCUT2D eigenvalue weighted by Crippen LogP contribution is -2.45. The maximum Gasteiger partial charge on any atom is 0.263 e. The van der Waals surface area contributed by atoms with Crippen molar-refractivity contribution in [2.75, 3.05) is 0 Å². The van der Waals surface area contributed by atoms with Crippen molar-refractivity contribution in [3.8, 4) is 11.1 Å². The zero-order valence-electron chi connectivity index (χ0n) is 18.0. The van der Waals surface area contributed by atoms with E-state index in [4.69, 9.17) is 0 Å². The smallest absolute Gasteiger partial charge is 0.263 e. The minimum atomic E-state index is -0.373. The van der Waals surface area contributed by atoms with Gasteiger partial charge in [0.2, 0.25) is 5.91 Å². The van der Waals surface area contributed by atoms with E-state index in [1.165, 1.54) is 39.8 Å². The van der Waals surface area contributed by atoms with Crippen molar-refractivity contribution in [1.29, 1.82) is 0 Å². The van der Waals surface area contributed by atoms with Gasteiger partial charge in [0.05, 0.1) is 10.6 Å². The SMILES string of the molecule is CC(C)N(C(=O)[C@H](C)Sc1nc2scc(-c3ccc(F)cc3)c2c(=O)n1C)C(C)C. The first-order chi connectivity index (χ1) is 14.1. The molecular formula is C22H26FN3O2S2. The molecule has 3 rings (SSSR count). The molecule has 0 unspecified atom stereocenters. The van der Waals surface area contributed by atoms with E-state index in [9.17, 15) is 14.0 Å². The number of aromatic nitrogens is 2. The van der Waals surface area contributed by atoms with Crippen LogP contribution < -0.4 is 5.56 Å². The minimum absolute atomic E-state index is 0.0255. The molecule has 0 saturated carbocycles. The number of thiophene rings is 1. The van der Waals surface area contributed by atoms with Gasteiger partial charge in [-0.15, -0.1) is 11.3 Å². The van der Waals surface area contributed by atoms with Crippen LogP contribution in [0.3, 0.4) is 0 Å². The molecule has 0 fully saturated rings. The highest BCUT2D eigenvalue weighted by Gasteiger charge is 2.27. The second-order valence-electron chi connectivity index (χ2n) is 7.79. The van der Waals surface area contributed by atoms with E-state index in [0.717, 1.165) is 11.1 Å². The normalized spacial score (nSPS) is 12.7. The quantitative estimate of drug-likeness (QED) is 0.397. The molecule has 0 aliphatic heterocycles. The van der Waals surface area contributed by atoms with Crippen LogP contribution in [0.15, 0.2) is 39.6 Å². The van der Waals surface area contributed by atoms with Crippen molar-refractivity contribution in [3.05, 3.63) is 45.8 Å². The summed E-state index contributed by atoms with van der Waals surface area (Å²) in [6.07, 6.45) is 0. The van der Waals surface area contributed by atoms with Crippen LogP contribution in [-0.4, -0.2) is 37.7 Å². The Bertz CT molecular complexity index is 1110. The third-order valence-electron chi connectivity index (χ3n) is 4.93. The van der Waals surface area contributed by atoms with Crippen LogP contribution in [0.5, 0.6) is 0 Å². The summed E-state index contributed by atoms with van der Waals surface area (Å²) in [6.45, 7) is 9.84. The molecule has 2 heterocycles. The Morgan fingerprint density at radius 1 is 1.13 bits per heavy atom. The predicted molar refractivity (Wildman–Crippen MR) is 123 cm³/mol. The van der Waals surface area contributed by atoms with Gasteiger partial charge in [-0.3, -0.25) is 14.2 Å². The molecule has 0 aliphatic rings. The number of hydrogen-bond acceptors (Lipinski definition) is 5. The maximum absolute atomic E-state index is 13.3. The fraction of sp³-hybridized carbons (Fsp3) is 0.409. The molecule has 0 aliphatic carbocycles. The number of halogens is 1. The van der Waals surface area contributed by atoms with Crippen LogP contribution >= 0.6 is 23.1 Å². The lowest BCUT2D eigenvalue weighted by molar-refractivity contribution is -0.133. The molecule has 30 heavy (non-hydrogen) atoms. The van der Waals surface area contributed by atoms with Gasteiger partial charge in [-0.05, 0) is 52.3 Å². The first-order valence-electron chi connectivity index (χ1n) is 9.84. The summed E-state index contributed by atoms with van der Waals surface area (Å²) in [5.41, 5.74) is 1.34. The number of amides is 1. The molecule has 5 nitrogen and oxygen atoms in total. The lowest BCUT2D eigenvalue weighted by atomic mass is 10.1. The average molecular weight is 448 g/mol. The topological polar surface area (TPSA) is 55.2 Å². The van der Waals surface area contributed by atoms with Crippen LogP contribution in [0.4, 0.5) is 4.39 Å². The first kappa shape index (κ1) is 22.5. The predicted octanol–water partition coefficient (Wildman–Crippen LogP) is 4.93. The van der Waals surface area contributed by atoms with E-state index in [-0.39, 0.29) is 34.6 Å². The summed E-state index contributed by atoms with van der Waals surface area (Å²) in [6, 6.07) is 6.26. The number of carbonyl (C=O) groups is 1. The number of carbonyl (C=O) groups excluding carboxylic acids is 1. The highest BCUT2D eigenvalue weighted by molar-refractivity contribution is 8.00. The molecule has 1 aromatic carbocycles. The van der Waals surface area contributed by atoms with E-state index in [0.29, 0.717) is 15.4 Å². The van der Waals surface area contributed by atoms with Crippen molar-refractivity contribution in [3.63, 3.8) is 0 Å². The van der Waals surface area contributed by atoms with Gasteiger partial charge in [-0.25, -0.2) is 9.37 Å². The van der Waals surface area contributed by atoms with Crippen molar-refractivity contribution >= 4 is 39.2 Å². The second kappa shape index (κ2) is 8.89. The maximum atomic E-state index is 13.3. The fourth-order valence-electron chi connectivity index (χ4n) is 3.52. The summed E-state index contributed by atoms with van der Waals surface area (Å²) in [4.78, 5) is 33.2. The molecule has 160 valence electrons. The van der Waals surface area contributed by atoms with E-state index in [1.54, 1.807) is 19.2 Å². The Morgan fingerprint density at radius 2 is 1.73 bits per heavy atom. The molecule has 0 saturated heterocycles. The molecule has 0 bridgehead atoms. The van der Waals surface area contributed by atoms with Gasteiger partial charge in [0, 0.05) is 30.1 Å². The number of nitrogens with zero attached hydrogens (tertiary/aromatic N) is 3. The summed E-state index contributed by atoms with van der Waals surface area (Å²) in [7, 11) is 1.67. The summed E-state index contributed by atoms with van der Waals surface area (Å²) in [5.74, 6) is -0.295. The molecule has 1 amide bonds. The van der Waals surface area contributed by atoms with Crippen LogP contribution in [0.2, 0.25) is 0 Å². The third kappa shape index (κ3) is 4.30. The Kier molecular flexibility index (Phi) is 6.67. The summed E-state index contributed by atoms with van der Waals surface area (Å²) < 4.78 is 14.8. The second-order valence-corrected chi connectivity index (χ2v) is 9.95. The first-order valence-corrected chi connectivity index (χ1v) is 11.6. The number of thioether (sulfide) groups is 1. The van der Waals surface area contributed by atoms with Crippen LogP contribution in [0.25, 0.3) is 21.3 Å². The fourth-order valence-corrected chi connectivity index (χ4v) is 5.44. The number of rotatable bonds is 6. The third-order valence-corrected chi connectivity index (χ3v) is 6.93. The summed E-state index contributed by atoms with van der Waals surface area (Å²) >= 11 is 2.67. The van der Waals surface area contributed by atoms with E-state index in [1.807, 2.05) is 44.9 Å². The van der Waals surface area contributed by atoms with Crippen molar-refractivity contribution in [1.82, 2.24) is 14.5 Å².